The lowest BCUT2D eigenvalue weighted by Gasteiger charge is -2.12. The molecule has 0 aliphatic heterocycles. The van der Waals surface area contributed by atoms with Gasteiger partial charge in [-0.05, 0) is 36.8 Å². The summed E-state index contributed by atoms with van der Waals surface area (Å²) in [4.78, 5) is 11.4. The largest absolute Gasteiger partial charge is 0.416 e. The van der Waals surface area contributed by atoms with E-state index in [1.54, 1.807) is 0 Å². The van der Waals surface area contributed by atoms with Crippen LogP contribution in [0.5, 0.6) is 0 Å². The van der Waals surface area contributed by atoms with Crippen molar-refractivity contribution in [3.8, 4) is 0 Å². The lowest BCUT2D eigenvalue weighted by atomic mass is 10.2. The minimum atomic E-state index is -4.41. The smallest absolute Gasteiger partial charge is 0.332 e. The number of nitrogens with one attached hydrogen (secondary N) is 2. The van der Waals surface area contributed by atoms with Crippen molar-refractivity contribution in [2.75, 3.05) is 5.32 Å². The van der Waals surface area contributed by atoms with Crippen LogP contribution in [-0.2, 0) is 11.0 Å². The molecule has 0 aliphatic carbocycles. The number of unbranched alkanes of at least 4 members (excludes halogenated alkanes) is 1. The van der Waals surface area contributed by atoms with E-state index in [0.29, 0.717) is 6.42 Å². The molecule has 20 heavy (non-hydrogen) atoms. The molecule has 1 aromatic carbocycles. The molecule has 0 aromatic heterocycles. The summed E-state index contributed by atoms with van der Waals surface area (Å²) in [6, 6.07) is 4.62. The third-order valence-electron chi connectivity index (χ3n) is 2.46. The summed E-state index contributed by atoms with van der Waals surface area (Å²) in [5, 5.41) is 4.97. The number of hydrogen-bond acceptors (Lipinski definition) is 2. The predicted octanol–water partition coefficient (Wildman–Crippen LogP) is 3.71. The van der Waals surface area contributed by atoms with E-state index in [2.05, 4.69) is 10.6 Å². The summed E-state index contributed by atoms with van der Waals surface area (Å²) in [6.45, 7) is 1.95. The fourth-order valence-electron chi connectivity index (χ4n) is 1.46. The molecule has 0 saturated carbocycles. The summed E-state index contributed by atoms with van der Waals surface area (Å²) in [6.07, 6.45) is -2.47. The Balaban J connectivity index is 2.60. The number of amides is 1. The zero-order chi connectivity index (χ0) is 15.2. The fourth-order valence-corrected chi connectivity index (χ4v) is 1.69. The van der Waals surface area contributed by atoms with Crippen molar-refractivity contribution in [3.63, 3.8) is 0 Å². The molecule has 3 nitrogen and oxygen atoms in total. The van der Waals surface area contributed by atoms with E-state index in [1.165, 1.54) is 12.1 Å². The van der Waals surface area contributed by atoms with Crippen molar-refractivity contribution in [2.24, 2.45) is 0 Å². The molecule has 0 unspecified atom stereocenters. The van der Waals surface area contributed by atoms with Crippen molar-refractivity contribution in [3.05, 3.63) is 29.8 Å². The third-order valence-corrected chi connectivity index (χ3v) is 2.66. The number of halogens is 3. The van der Waals surface area contributed by atoms with Crippen molar-refractivity contribution in [1.29, 1.82) is 0 Å². The van der Waals surface area contributed by atoms with Gasteiger partial charge in [0.25, 0.3) is 0 Å². The quantitative estimate of drug-likeness (QED) is 0.833. The van der Waals surface area contributed by atoms with Crippen LogP contribution in [0.25, 0.3) is 0 Å². The van der Waals surface area contributed by atoms with E-state index in [0.717, 1.165) is 25.0 Å². The summed E-state index contributed by atoms with van der Waals surface area (Å²) >= 11 is 4.88. The molecule has 0 spiro atoms. The molecule has 1 amide bonds. The van der Waals surface area contributed by atoms with Crippen LogP contribution in [-0.4, -0.2) is 11.0 Å². The van der Waals surface area contributed by atoms with Gasteiger partial charge in [-0.2, -0.15) is 13.2 Å². The highest BCUT2D eigenvalue weighted by Crippen LogP contribution is 2.30. The predicted molar refractivity (Wildman–Crippen MR) is 75.3 cm³/mol. The Morgan fingerprint density at radius 2 is 2.05 bits per heavy atom. The first-order chi connectivity index (χ1) is 9.32. The Labute approximate surface area is 120 Å². The fraction of sp³-hybridized carbons (Fsp3) is 0.385. The first-order valence-corrected chi connectivity index (χ1v) is 6.52. The lowest BCUT2D eigenvalue weighted by Crippen LogP contribution is -2.33. The summed E-state index contributed by atoms with van der Waals surface area (Å²) < 4.78 is 37.6. The minimum absolute atomic E-state index is 0.00886. The average Bonchev–Trinajstić information content (AvgIpc) is 2.35. The monoisotopic (exact) mass is 304 g/mol. The van der Waals surface area contributed by atoms with Gasteiger partial charge >= 0.3 is 6.18 Å². The van der Waals surface area contributed by atoms with Crippen LogP contribution in [0.1, 0.15) is 31.7 Å². The normalized spacial score (nSPS) is 11.0. The molecular weight excluding hydrogens is 289 g/mol. The SMILES string of the molecule is CCCCC(=O)NC(=S)Nc1cccc(C(F)(F)F)c1. The van der Waals surface area contributed by atoms with Crippen LogP contribution in [0.2, 0.25) is 0 Å². The minimum Gasteiger partial charge on any atom is -0.332 e. The molecule has 7 heteroatoms. The van der Waals surface area contributed by atoms with Gasteiger partial charge in [0.2, 0.25) is 5.91 Å². The molecule has 0 radical (unpaired) electrons. The number of benzene rings is 1. The van der Waals surface area contributed by atoms with Crippen LogP contribution in [0.3, 0.4) is 0 Å². The van der Waals surface area contributed by atoms with Gasteiger partial charge in [0.15, 0.2) is 5.11 Å². The Hall–Kier alpha value is -1.63. The zero-order valence-corrected chi connectivity index (χ0v) is 11.7. The van der Waals surface area contributed by atoms with E-state index in [-0.39, 0.29) is 16.7 Å². The number of hydrogen-bond donors (Lipinski definition) is 2. The van der Waals surface area contributed by atoms with E-state index in [9.17, 15) is 18.0 Å². The summed E-state index contributed by atoms with van der Waals surface area (Å²) in [7, 11) is 0. The van der Waals surface area contributed by atoms with Gasteiger partial charge in [-0.1, -0.05) is 19.4 Å². The van der Waals surface area contributed by atoms with E-state index in [1.807, 2.05) is 6.92 Å². The van der Waals surface area contributed by atoms with Gasteiger partial charge in [0, 0.05) is 12.1 Å². The van der Waals surface area contributed by atoms with Crippen LogP contribution in [0.15, 0.2) is 24.3 Å². The maximum absolute atomic E-state index is 12.5. The molecule has 0 saturated heterocycles. The summed E-state index contributed by atoms with van der Waals surface area (Å²) in [5.41, 5.74) is -0.594. The number of carbonyl (C=O) groups is 1. The van der Waals surface area contributed by atoms with Gasteiger partial charge in [-0.15, -0.1) is 0 Å². The van der Waals surface area contributed by atoms with Gasteiger partial charge in [-0.3, -0.25) is 4.79 Å². The second kappa shape index (κ2) is 7.23. The number of carbonyl (C=O) groups excluding carboxylic acids is 1. The Morgan fingerprint density at radius 1 is 1.35 bits per heavy atom. The van der Waals surface area contributed by atoms with Gasteiger partial charge in [0.05, 0.1) is 5.56 Å². The van der Waals surface area contributed by atoms with E-state index < -0.39 is 11.7 Å². The van der Waals surface area contributed by atoms with Crippen LogP contribution >= 0.6 is 12.2 Å². The topological polar surface area (TPSA) is 41.1 Å². The Kier molecular flexibility index (Phi) is 5.94. The van der Waals surface area contributed by atoms with Crippen LogP contribution in [0.4, 0.5) is 18.9 Å². The third kappa shape index (κ3) is 5.56. The second-order valence-electron chi connectivity index (χ2n) is 4.18. The molecular formula is C13H15F3N2OS. The molecule has 2 N–H and O–H groups in total. The van der Waals surface area contributed by atoms with Gasteiger partial charge in [0.1, 0.15) is 0 Å². The molecule has 0 aliphatic rings. The Bertz CT molecular complexity index is 489. The lowest BCUT2D eigenvalue weighted by molar-refractivity contribution is -0.137. The molecule has 0 fully saturated rings. The highest BCUT2D eigenvalue weighted by molar-refractivity contribution is 7.80. The van der Waals surface area contributed by atoms with Crippen LogP contribution in [0, 0.1) is 0 Å². The Morgan fingerprint density at radius 3 is 2.65 bits per heavy atom. The maximum atomic E-state index is 12.5. The summed E-state index contributed by atoms with van der Waals surface area (Å²) in [5.74, 6) is -0.253. The zero-order valence-electron chi connectivity index (χ0n) is 10.9. The first-order valence-electron chi connectivity index (χ1n) is 6.11. The standard InChI is InChI=1S/C13H15F3N2OS/c1-2-3-7-11(19)18-12(20)17-10-6-4-5-9(8-10)13(14,15)16/h4-6,8H,2-3,7H2,1H3,(H2,17,18,19,20). The maximum Gasteiger partial charge on any atom is 0.416 e. The number of rotatable bonds is 4. The first kappa shape index (κ1) is 16.4. The average molecular weight is 304 g/mol. The molecule has 0 atom stereocenters. The highest BCUT2D eigenvalue weighted by Gasteiger charge is 2.30. The number of alkyl halides is 3. The molecule has 0 bridgehead atoms. The molecule has 1 rings (SSSR count). The highest BCUT2D eigenvalue weighted by atomic mass is 32.1. The molecule has 110 valence electrons. The molecule has 0 heterocycles. The van der Waals surface area contributed by atoms with Crippen molar-refractivity contribution in [1.82, 2.24) is 5.32 Å². The van der Waals surface area contributed by atoms with Crippen molar-refractivity contribution in [2.45, 2.75) is 32.4 Å². The van der Waals surface area contributed by atoms with Crippen molar-refractivity contribution >= 4 is 28.9 Å². The van der Waals surface area contributed by atoms with Gasteiger partial charge in [-0.25, -0.2) is 0 Å². The van der Waals surface area contributed by atoms with Crippen LogP contribution < -0.4 is 10.6 Å². The van der Waals surface area contributed by atoms with Crippen molar-refractivity contribution < 1.29 is 18.0 Å². The molecule has 1 aromatic rings. The van der Waals surface area contributed by atoms with E-state index in [4.69, 9.17) is 12.2 Å². The second-order valence-corrected chi connectivity index (χ2v) is 4.59. The van der Waals surface area contributed by atoms with Gasteiger partial charge < -0.3 is 10.6 Å². The number of thiocarbonyl (C=S) groups is 1. The number of anilines is 1. The van der Waals surface area contributed by atoms with E-state index >= 15 is 0 Å².